The molecular formula is C16H23F2N3O2S. The second-order valence-electron chi connectivity index (χ2n) is 6.26. The first-order valence-electron chi connectivity index (χ1n) is 7.82. The first kappa shape index (κ1) is 18.6. The van der Waals surface area contributed by atoms with Crippen LogP contribution in [0.25, 0.3) is 0 Å². The van der Waals surface area contributed by atoms with Gasteiger partial charge < -0.3 is 10.6 Å². The van der Waals surface area contributed by atoms with Crippen molar-refractivity contribution in [2.45, 2.75) is 37.8 Å². The fourth-order valence-corrected chi connectivity index (χ4v) is 3.36. The molecule has 0 saturated heterocycles. The molecule has 0 aromatic heterocycles. The summed E-state index contributed by atoms with van der Waals surface area (Å²) < 4.78 is 50.0. The second kappa shape index (κ2) is 7.46. The number of hydrogen-bond donors (Lipinski definition) is 2. The van der Waals surface area contributed by atoms with Gasteiger partial charge in [0, 0.05) is 36.9 Å². The zero-order valence-corrected chi connectivity index (χ0v) is 14.8. The smallest absolute Gasteiger partial charge is 0.191 e. The highest BCUT2D eigenvalue weighted by Crippen LogP contribution is 2.43. The van der Waals surface area contributed by atoms with Crippen LogP contribution in [0.3, 0.4) is 0 Å². The SMILES string of the molecule is CN=C(NC(C)CCS(C)(=O)=O)NC1CC1c1c(F)cccc1F. The number of aliphatic imine (C=N–C) groups is 1. The van der Waals surface area contributed by atoms with Crippen molar-refractivity contribution in [1.29, 1.82) is 0 Å². The highest BCUT2D eigenvalue weighted by molar-refractivity contribution is 7.90. The molecule has 5 nitrogen and oxygen atoms in total. The number of halogens is 2. The summed E-state index contributed by atoms with van der Waals surface area (Å²) in [4.78, 5) is 4.08. The third-order valence-corrected chi connectivity index (χ3v) is 4.99. The molecular weight excluding hydrogens is 336 g/mol. The summed E-state index contributed by atoms with van der Waals surface area (Å²) in [6.07, 6.45) is 2.27. The van der Waals surface area contributed by atoms with Crippen LogP contribution in [0.15, 0.2) is 23.2 Å². The Balaban J connectivity index is 1.89. The molecule has 2 rings (SSSR count). The van der Waals surface area contributed by atoms with E-state index in [1.54, 1.807) is 7.05 Å². The summed E-state index contributed by atoms with van der Waals surface area (Å²) in [5.74, 6) is -0.705. The number of sulfone groups is 1. The molecule has 8 heteroatoms. The molecule has 3 atom stereocenters. The van der Waals surface area contributed by atoms with Gasteiger partial charge in [0.1, 0.15) is 21.5 Å². The Morgan fingerprint density at radius 3 is 2.54 bits per heavy atom. The van der Waals surface area contributed by atoms with Gasteiger partial charge >= 0.3 is 0 Å². The molecule has 134 valence electrons. The van der Waals surface area contributed by atoms with Crippen LogP contribution < -0.4 is 10.6 Å². The van der Waals surface area contributed by atoms with Crippen LogP contribution in [0.5, 0.6) is 0 Å². The van der Waals surface area contributed by atoms with E-state index in [2.05, 4.69) is 15.6 Å². The van der Waals surface area contributed by atoms with Crippen molar-refractivity contribution in [3.05, 3.63) is 35.4 Å². The van der Waals surface area contributed by atoms with E-state index in [9.17, 15) is 17.2 Å². The number of guanidine groups is 1. The normalized spacial score (nSPS) is 22.1. The monoisotopic (exact) mass is 359 g/mol. The molecule has 0 heterocycles. The predicted octanol–water partition coefficient (Wildman–Crippen LogP) is 1.81. The molecule has 1 aromatic carbocycles. The van der Waals surface area contributed by atoms with Crippen LogP contribution in [0, 0.1) is 11.6 Å². The van der Waals surface area contributed by atoms with Gasteiger partial charge in [0.2, 0.25) is 0 Å². The third-order valence-electron chi connectivity index (χ3n) is 4.01. The quantitative estimate of drug-likeness (QED) is 0.600. The lowest BCUT2D eigenvalue weighted by Crippen LogP contribution is -2.44. The van der Waals surface area contributed by atoms with Crippen molar-refractivity contribution in [2.24, 2.45) is 4.99 Å². The Bertz CT molecular complexity index is 702. The Hall–Kier alpha value is -1.70. The van der Waals surface area contributed by atoms with Gasteiger partial charge in [-0.15, -0.1) is 0 Å². The van der Waals surface area contributed by atoms with Crippen molar-refractivity contribution < 1.29 is 17.2 Å². The average molecular weight is 359 g/mol. The Morgan fingerprint density at radius 2 is 2.00 bits per heavy atom. The van der Waals surface area contributed by atoms with Gasteiger partial charge in [-0.05, 0) is 31.9 Å². The molecule has 1 fully saturated rings. The third kappa shape index (κ3) is 5.15. The van der Waals surface area contributed by atoms with Crippen molar-refractivity contribution in [2.75, 3.05) is 19.1 Å². The van der Waals surface area contributed by atoms with Crippen molar-refractivity contribution >= 4 is 15.8 Å². The molecule has 3 unspecified atom stereocenters. The van der Waals surface area contributed by atoms with E-state index in [-0.39, 0.29) is 29.3 Å². The molecule has 0 aliphatic heterocycles. The Kier molecular flexibility index (Phi) is 5.79. The summed E-state index contributed by atoms with van der Waals surface area (Å²) >= 11 is 0. The minimum Gasteiger partial charge on any atom is -0.354 e. The van der Waals surface area contributed by atoms with Crippen molar-refractivity contribution in [1.82, 2.24) is 10.6 Å². The van der Waals surface area contributed by atoms with Crippen LogP contribution in [0.2, 0.25) is 0 Å². The number of nitrogens with one attached hydrogen (secondary N) is 2. The molecule has 0 amide bonds. The standard InChI is InChI=1S/C16H23F2N3O2S/c1-10(7-8-24(3,22)23)20-16(19-2)21-14-9-11(14)15-12(17)5-4-6-13(15)18/h4-6,10-11,14H,7-9H2,1-3H3,(H2,19,20,21). The van der Waals surface area contributed by atoms with Crippen LogP contribution >= 0.6 is 0 Å². The summed E-state index contributed by atoms with van der Waals surface area (Å²) in [6.45, 7) is 1.86. The zero-order chi connectivity index (χ0) is 17.9. The first-order valence-corrected chi connectivity index (χ1v) is 9.89. The average Bonchev–Trinajstić information content (AvgIpc) is 3.22. The molecule has 0 spiro atoms. The van der Waals surface area contributed by atoms with Gasteiger partial charge in [-0.25, -0.2) is 17.2 Å². The maximum atomic E-state index is 13.8. The van der Waals surface area contributed by atoms with Gasteiger partial charge in [-0.1, -0.05) is 6.07 Å². The fraction of sp³-hybridized carbons (Fsp3) is 0.562. The molecule has 1 aliphatic rings. The minimum atomic E-state index is -3.01. The molecule has 1 saturated carbocycles. The van der Waals surface area contributed by atoms with Crippen LogP contribution in [0.4, 0.5) is 8.78 Å². The highest BCUT2D eigenvalue weighted by Gasteiger charge is 2.42. The number of rotatable bonds is 6. The molecule has 1 aromatic rings. The van der Waals surface area contributed by atoms with Gasteiger partial charge in [0.25, 0.3) is 0 Å². The maximum Gasteiger partial charge on any atom is 0.191 e. The van der Waals surface area contributed by atoms with E-state index in [4.69, 9.17) is 0 Å². The van der Waals surface area contributed by atoms with Crippen LogP contribution in [-0.2, 0) is 9.84 Å². The molecule has 24 heavy (non-hydrogen) atoms. The Labute approximate surface area is 141 Å². The number of nitrogens with zero attached hydrogens (tertiary/aromatic N) is 1. The van der Waals surface area contributed by atoms with Crippen LogP contribution in [-0.4, -0.2) is 45.5 Å². The zero-order valence-electron chi connectivity index (χ0n) is 14.0. The predicted molar refractivity (Wildman–Crippen MR) is 90.9 cm³/mol. The largest absolute Gasteiger partial charge is 0.354 e. The van der Waals surface area contributed by atoms with E-state index in [1.165, 1.54) is 24.5 Å². The van der Waals surface area contributed by atoms with Gasteiger partial charge in [0.15, 0.2) is 5.96 Å². The maximum absolute atomic E-state index is 13.8. The number of hydrogen-bond acceptors (Lipinski definition) is 3. The summed E-state index contributed by atoms with van der Waals surface area (Å²) in [7, 11) is -1.41. The molecule has 0 radical (unpaired) electrons. The highest BCUT2D eigenvalue weighted by atomic mass is 32.2. The van der Waals surface area contributed by atoms with E-state index >= 15 is 0 Å². The van der Waals surface area contributed by atoms with E-state index in [0.717, 1.165) is 0 Å². The Morgan fingerprint density at radius 1 is 1.38 bits per heavy atom. The summed E-state index contributed by atoms with van der Waals surface area (Å²) in [5.41, 5.74) is 0.107. The lowest BCUT2D eigenvalue weighted by atomic mass is 10.1. The topological polar surface area (TPSA) is 70.6 Å². The summed E-state index contributed by atoms with van der Waals surface area (Å²) in [5, 5.41) is 6.23. The number of benzene rings is 1. The molecule has 1 aliphatic carbocycles. The van der Waals surface area contributed by atoms with Gasteiger partial charge in [-0.3, -0.25) is 4.99 Å². The lowest BCUT2D eigenvalue weighted by Gasteiger charge is -2.17. The van der Waals surface area contributed by atoms with E-state index in [1.807, 2.05) is 6.92 Å². The molecule has 0 bridgehead atoms. The van der Waals surface area contributed by atoms with Gasteiger partial charge in [-0.2, -0.15) is 0 Å². The van der Waals surface area contributed by atoms with Crippen LogP contribution in [0.1, 0.15) is 31.2 Å². The van der Waals surface area contributed by atoms with E-state index < -0.39 is 21.5 Å². The van der Waals surface area contributed by atoms with Crippen molar-refractivity contribution in [3.63, 3.8) is 0 Å². The fourth-order valence-electron chi connectivity index (χ4n) is 2.58. The second-order valence-corrected chi connectivity index (χ2v) is 8.52. The summed E-state index contributed by atoms with van der Waals surface area (Å²) in [6, 6.07) is 3.68. The van der Waals surface area contributed by atoms with Gasteiger partial charge in [0.05, 0.1) is 5.75 Å². The minimum absolute atomic E-state index is 0.0879. The molecule has 2 N–H and O–H groups in total. The van der Waals surface area contributed by atoms with Crippen molar-refractivity contribution in [3.8, 4) is 0 Å². The van der Waals surface area contributed by atoms with E-state index in [0.29, 0.717) is 18.8 Å². The first-order chi connectivity index (χ1) is 11.2. The lowest BCUT2D eigenvalue weighted by molar-refractivity contribution is 0.552.